The number of rotatable bonds is 2. The third-order valence-corrected chi connectivity index (χ3v) is 2.75. The van der Waals surface area contributed by atoms with Gasteiger partial charge in [-0.3, -0.25) is 4.79 Å². The number of carboxylic acids is 1. The third kappa shape index (κ3) is 3.21. The lowest BCUT2D eigenvalue weighted by Crippen LogP contribution is -2.13. The summed E-state index contributed by atoms with van der Waals surface area (Å²) in [7, 11) is 0. The van der Waals surface area contributed by atoms with Gasteiger partial charge in [0, 0.05) is 0 Å². The third-order valence-electron chi connectivity index (χ3n) is 2.75. The largest absolute Gasteiger partial charge is 0.481 e. The molecule has 0 saturated heterocycles. The Labute approximate surface area is 79.6 Å². The minimum Gasteiger partial charge on any atom is -0.481 e. The molecule has 0 radical (unpaired) electrons. The zero-order valence-corrected chi connectivity index (χ0v) is 8.25. The Bertz CT molecular complexity index is 206. The van der Waals surface area contributed by atoms with E-state index in [9.17, 15) is 4.79 Å². The number of allylic oxidation sites excluding steroid dienone is 1. The van der Waals surface area contributed by atoms with Crippen LogP contribution in [0.15, 0.2) is 11.6 Å². The highest BCUT2D eigenvalue weighted by Gasteiger charge is 2.16. The number of aliphatic carboxylic acids is 1. The second-order valence-electron chi connectivity index (χ2n) is 3.79. The average Bonchev–Trinajstić information content (AvgIpc) is 2.02. The predicted molar refractivity (Wildman–Crippen MR) is 52.6 cm³/mol. The molecule has 1 aliphatic carbocycles. The molecule has 1 rings (SSSR count). The molecule has 0 aromatic rings. The SMILES string of the molecule is CC(C(=O)O)/C1=C/CCCCCC1. The van der Waals surface area contributed by atoms with Gasteiger partial charge in [0.15, 0.2) is 0 Å². The van der Waals surface area contributed by atoms with Crippen molar-refractivity contribution >= 4 is 5.97 Å². The van der Waals surface area contributed by atoms with Crippen molar-refractivity contribution in [2.45, 2.75) is 45.4 Å². The van der Waals surface area contributed by atoms with Crippen molar-refractivity contribution in [1.82, 2.24) is 0 Å². The monoisotopic (exact) mass is 182 g/mol. The van der Waals surface area contributed by atoms with Crippen molar-refractivity contribution in [2.75, 3.05) is 0 Å². The Morgan fingerprint density at radius 2 is 2.08 bits per heavy atom. The smallest absolute Gasteiger partial charge is 0.310 e. The van der Waals surface area contributed by atoms with Gasteiger partial charge in [-0.2, -0.15) is 0 Å². The molecule has 0 bridgehead atoms. The van der Waals surface area contributed by atoms with Gasteiger partial charge in [-0.15, -0.1) is 0 Å². The van der Waals surface area contributed by atoms with Gasteiger partial charge in [0.25, 0.3) is 0 Å². The van der Waals surface area contributed by atoms with Crippen LogP contribution in [0, 0.1) is 5.92 Å². The minimum absolute atomic E-state index is 0.280. The van der Waals surface area contributed by atoms with E-state index in [1.54, 1.807) is 6.92 Å². The summed E-state index contributed by atoms with van der Waals surface area (Å²) in [5, 5.41) is 8.86. The molecule has 0 aromatic heterocycles. The average molecular weight is 182 g/mol. The van der Waals surface area contributed by atoms with Crippen molar-refractivity contribution in [3.63, 3.8) is 0 Å². The maximum absolute atomic E-state index is 10.8. The van der Waals surface area contributed by atoms with Gasteiger partial charge in [-0.05, 0) is 32.6 Å². The molecule has 0 aromatic carbocycles. The van der Waals surface area contributed by atoms with Crippen LogP contribution in [0.1, 0.15) is 45.4 Å². The van der Waals surface area contributed by atoms with E-state index in [0.717, 1.165) is 24.8 Å². The zero-order chi connectivity index (χ0) is 9.68. The van der Waals surface area contributed by atoms with Gasteiger partial charge >= 0.3 is 5.97 Å². The lowest BCUT2D eigenvalue weighted by Gasteiger charge is -2.14. The van der Waals surface area contributed by atoms with Crippen LogP contribution >= 0.6 is 0 Å². The van der Waals surface area contributed by atoms with Crippen molar-refractivity contribution < 1.29 is 9.90 Å². The van der Waals surface area contributed by atoms with Crippen molar-refractivity contribution in [2.24, 2.45) is 5.92 Å². The van der Waals surface area contributed by atoms with Crippen molar-refractivity contribution in [1.29, 1.82) is 0 Å². The Balaban J connectivity index is 2.58. The predicted octanol–water partition coefficient (Wildman–Crippen LogP) is 2.99. The second kappa shape index (κ2) is 5.05. The first kappa shape index (κ1) is 10.3. The molecule has 2 nitrogen and oxygen atoms in total. The maximum Gasteiger partial charge on any atom is 0.310 e. The first-order valence-corrected chi connectivity index (χ1v) is 5.13. The van der Waals surface area contributed by atoms with E-state index in [0.29, 0.717) is 0 Å². The molecule has 0 spiro atoms. The topological polar surface area (TPSA) is 37.3 Å². The zero-order valence-electron chi connectivity index (χ0n) is 8.25. The molecular formula is C11H18O2. The van der Waals surface area contributed by atoms with Crippen LogP contribution in [-0.4, -0.2) is 11.1 Å². The summed E-state index contributed by atoms with van der Waals surface area (Å²) in [6.07, 6.45) is 9.10. The highest BCUT2D eigenvalue weighted by molar-refractivity contribution is 5.73. The molecule has 1 unspecified atom stereocenters. The first-order valence-electron chi connectivity index (χ1n) is 5.13. The molecule has 0 saturated carbocycles. The molecule has 1 aliphatic rings. The van der Waals surface area contributed by atoms with Crippen molar-refractivity contribution in [3.8, 4) is 0 Å². The van der Waals surface area contributed by atoms with Gasteiger partial charge in [0.1, 0.15) is 0 Å². The first-order chi connectivity index (χ1) is 6.22. The molecule has 2 heteroatoms. The summed E-state index contributed by atoms with van der Waals surface area (Å²) in [5.41, 5.74) is 1.13. The van der Waals surface area contributed by atoms with Gasteiger partial charge in [0.2, 0.25) is 0 Å². The molecule has 13 heavy (non-hydrogen) atoms. The summed E-state index contributed by atoms with van der Waals surface area (Å²) in [4.78, 5) is 10.8. The van der Waals surface area contributed by atoms with Crippen LogP contribution in [-0.2, 0) is 4.79 Å². The van der Waals surface area contributed by atoms with Gasteiger partial charge < -0.3 is 5.11 Å². The molecule has 74 valence electrons. The molecular weight excluding hydrogens is 164 g/mol. The molecule has 0 heterocycles. The van der Waals surface area contributed by atoms with Crippen LogP contribution in [0.5, 0.6) is 0 Å². The number of hydrogen-bond donors (Lipinski definition) is 1. The maximum atomic E-state index is 10.8. The van der Waals surface area contributed by atoms with E-state index < -0.39 is 5.97 Å². The van der Waals surface area contributed by atoms with E-state index in [4.69, 9.17) is 5.11 Å². The molecule has 0 amide bonds. The highest BCUT2D eigenvalue weighted by Crippen LogP contribution is 2.22. The fraction of sp³-hybridized carbons (Fsp3) is 0.727. The lowest BCUT2D eigenvalue weighted by atomic mass is 9.92. The quantitative estimate of drug-likeness (QED) is 0.666. The summed E-state index contributed by atoms with van der Waals surface area (Å²) >= 11 is 0. The van der Waals surface area contributed by atoms with Crippen molar-refractivity contribution in [3.05, 3.63) is 11.6 Å². The van der Waals surface area contributed by atoms with E-state index in [-0.39, 0.29) is 5.92 Å². The fourth-order valence-electron chi connectivity index (χ4n) is 1.77. The molecule has 0 fully saturated rings. The summed E-state index contributed by atoms with van der Waals surface area (Å²) in [6, 6.07) is 0. The molecule has 0 aliphatic heterocycles. The second-order valence-corrected chi connectivity index (χ2v) is 3.79. The minimum atomic E-state index is -0.688. The Morgan fingerprint density at radius 1 is 1.38 bits per heavy atom. The Morgan fingerprint density at radius 3 is 2.77 bits per heavy atom. The van der Waals surface area contributed by atoms with Crippen LogP contribution in [0.2, 0.25) is 0 Å². The lowest BCUT2D eigenvalue weighted by molar-refractivity contribution is -0.139. The van der Waals surface area contributed by atoms with E-state index in [2.05, 4.69) is 6.08 Å². The van der Waals surface area contributed by atoms with Crippen LogP contribution in [0.4, 0.5) is 0 Å². The van der Waals surface area contributed by atoms with Gasteiger partial charge in [-0.1, -0.05) is 24.5 Å². The number of carboxylic acid groups (broad SMARTS) is 1. The van der Waals surface area contributed by atoms with E-state index in [1.165, 1.54) is 19.3 Å². The van der Waals surface area contributed by atoms with Gasteiger partial charge in [-0.25, -0.2) is 0 Å². The van der Waals surface area contributed by atoms with Crippen LogP contribution < -0.4 is 0 Å². The number of hydrogen-bond acceptors (Lipinski definition) is 1. The Hall–Kier alpha value is -0.790. The summed E-state index contributed by atoms with van der Waals surface area (Å²) in [6.45, 7) is 1.79. The van der Waals surface area contributed by atoms with E-state index >= 15 is 0 Å². The summed E-state index contributed by atoms with van der Waals surface area (Å²) in [5.74, 6) is -0.968. The van der Waals surface area contributed by atoms with Crippen LogP contribution in [0.25, 0.3) is 0 Å². The summed E-state index contributed by atoms with van der Waals surface area (Å²) < 4.78 is 0. The highest BCUT2D eigenvalue weighted by atomic mass is 16.4. The van der Waals surface area contributed by atoms with E-state index in [1.807, 2.05) is 0 Å². The normalized spacial score (nSPS) is 25.2. The molecule has 1 N–H and O–H groups in total. The fourth-order valence-corrected chi connectivity index (χ4v) is 1.77. The van der Waals surface area contributed by atoms with Crippen LogP contribution in [0.3, 0.4) is 0 Å². The Kier molecular flexibility index (Phi) is 4.00. The number of carbonyl (C=O) groups is 1. The molecule has 1 atom stereocenters. The van der Waals surface area contributed by atoms with Gasteiger partial charge in [0.05, 0.1) is 5.92 Å². The standard InChI is InChI=1S/C11H18O2/c1-9(11(12)13)10-7-5-3-2-4-6-8-10/h7,9H,2-6,8H2,1H3,(H,12,13)/b10-7+.